The molecule has 0 fully saturated rings. The van der Waals surface area contributed by atoms with Crippen LogP contribution in [0.5, 0.6) is 11.5 Å². The molecule has 6 heteroatoms. The number of rotatable bonds is 10. The minimum atomic E-state index is -0.586. The molecule has 0 saturated heterocycles. The van der Waals surface area contributed by atoms with Gasteiger partial charge in [-0.15, -0.1) is 0 Å². The molecule has 0 aliphatic rings. The van der Waals surface area contributed by atoms with Gasteiger partial charge >= 0.3 is 0 Å². The summed E-state index contributed by atoms with van der Waals surface area (Å²) in [6, 6.07) is 23.7. The van der Waals surface area contributed by atoms with Crippen LogP contribution in [0.1, 0.15) is 43.4 Å². The summed E-state index contributed by atoms with van der Waals surface area (Å²) < 4.78 is 11.8. The summed E-state index contributed by atoms with van der Waals surface area (Å²) in [4.78, 5) is 12.9. The molecular formula is C29H34N2O3S. The average Bonchev–Trinajstić information content (AvgIpc) is 2.83. The maximum absolute atomic E-state index is 12.9. The van der Waals surface area contributed by atoms with E-state index in [0.717, 1.165) is 34.7 Å². The number of anilines is 1. The highest BCUT2D eigenvalue weighted by Crippen LogP contribution is 2.25. The van der Waals surface area contributed by atoms with Crippen LogP contribution in [0.3, 0.4) is 0 Å². The molecule has 35 heavy (non-hydrogen) atoms. The number of hydrogen-bond acceptors (Lipinski definition) is 4. The van der Waals surface area contributed by atoms with E-state index >= 15 is 0 Å². The molecule has 184 valence electrons. The molecule has 0 radical (unpaired) electrons. The number of carbonyl (C=O) groups is 1. The zero-order valence-electron chi connectivity index (χ0n) is 20.9. The molecule has 0 aliphatic carbocycles. The summed E-state index contributed by atoms with van der Waals surface area (Å²) >= 11 is 5.38. The van der Waals surface area contributed by atoms with E-state index in [4.69, 9.17) is 21.7 Å². The summed E-state index contributed by atoms with van der Waals surface area (Å²) in [5.41, 5.74) is 3.53. The molecule has 0 aromatic heterocycles. The average molecular weight is 491 g/mol. The lowest BCUT2D eigenvalue weighted by molar-refractivity contribution is -0.128. The standard InChI is InChI=1S/C29H34N2O3S/c1-21-14-15-22(2)26(18-21)33-17-9-16-29(3,4)27(32)31-28(35)30-24-12-8-13-25(19-24)34-20-23-10-6-5-7-11-23/h5-8,10-15,18-19H,9,16-17,20H2,1-4H3,(H2,30,31,32,35). The highest BCUT2D eigenvalue weighted by Gasteiger charge is 2.27. The number of carbonyl (C=O) groups excluding carboxylic acids is 1. The van der Waals surface area contributed by atoms with Gasteiger partial charge in [0.15, 0.2) is 5.11 Å². The summed E-state index contributed by atoms with van der Waals surface area (Å²) in [7, 11) is 0. The van der Waals surface area contributed by atoms with E-state index in [1.165, 1.54) is 5.56 Å². The fourth-order valence-corrected chi connectivity index (χ4v) is 3.72. The number of nitrogens with one attached hydrogen (secondary N) is 2. The smallest absolute Gasteiger partial charge is 0.231 e. The Balaban J connectivity index is 1.44. The van der Waals surface area contributed by atoms with Crippen molar-refractivity contribution in [3.63, 3.8) is 0 Å². The number of benzene rings is 3. The van der Waals surface area contributed by atoms with Gasteiger partial charge in [-0.3, -0.25) is 4.79 Å². The third-order valence-corrected chi connectivity index (χ3v) is 5.93. The largest absolute Gasteiger partial charge is 0.493 e. The lowest BCUT2D eigenvalue weighted by Crippen LogP contribution is -2.42. The maximum Gasteiger partial charge on any atom is 0.231 e. The third-order valence-electron chi connectivity index (χ3n) is 5.73. The van der Waals surface area contributed by atoms with Gasteiger partial charge in [-0.05, 0) is 73.8 Å². The molecule has 0 bridgehead atoms. The van der Waals surface area contributed by atoms with E-state index in [0.29, 0.717) is 19.6 Å². The second-order valence-electron chi connectivity index (χ2n) is 9.32. The van der Waals surface area contributed by atoms with Crippen LogP contribution in [-0.2, 0) is 11.4 Å². The van der Waals surface area contributed by atoms with Gasteiger partial charge in [0, 0.05) is 17.2 Å². The van der Waals surface area contributed by atoms with Crippen molar-refractivity contribution < 1.29 is 14.3 Å². The summed E-state index contributed by atoms with van der Waals surface area (Å²) in [5, 5.41) is 6.16. The van der Waals surface area contributed by atoms with Gasteiger partial charge in [0.2, 0.25) is 5.91 Å². The SMILES string of the molecule is Cc1ccc(C)c(OCCCC(C)(C)C(=O)NC(=S)Nc2cccc(OCc3ccccc3)c2)c1. The Morgan fingerprint density at radius 3 is 2.49 bits per heavy atom. The number of ether oxygens (including phenoxy) is 2. The van der Waals surface area contributed by atoms with Crippen LogP contribution in [0.4, 0.5) is 5.69 Å². The molecule has 0 heterocycles. The zero-order valence-corrected chi connectivity index (χ0v) is 21.7. The highest BCUT2D eigenvalue weighted by atomic mass is 32.1. The van der Waals surface area contributed by atoms with Crippen molar-refractivity contribution in [2.75, 3.05) is 11.9 Å². The van der Waals surface area contributed by atoms with Crippen molar-refractivity contribution in [1.29, 1.82) is 0 Å². The van der Waals surface area contributed by atoms with Crippen LogP contribution in [-0.4, -0.2) is 17.6 Å². The molecule has 0 atom stereocenters. The fourth-order valence-electron chi connectivity index (χ4n) is 3.51. The molecule has 2 N–H and O–H groups in total. The predicted octanol–water partition coefficient (Wildman–Crippen LogP) is 6.58. The van der Waals surface area contributed by atoms with Gasteiger partial charge in [0.05, 0.1) is 6.61 Å². The van der Waals surface area contributed by atoms with E-state index in [-0.39, 0.29) is 11.0 Å². The molecule has 0 saturated carbocycles. The first-order chi connectivity index (χ1) is 16.7. The van der Waals surface area contributed by atoms with Crippen LogP contribution in [0.25, 0.3) is 0 Å². The van der Waals surface area contributed by atoms with Crippen molar-refractivity contribution in [2.24, 2.45) is 5.41 Å². The van der Waals surface area contributed by atoms with E-state index in [9.17, 15) is 4.79 Å². The molecule has 3 aromatic carbocycles. The van der Waals surface area contributed by atoms with E-state index in [1.54, 1.807) is 0 Å². The van der Waals surface area contributed by atoms with Gasteiger partial charge in [-0.2, -0.15) is 0 Å². The van der Waals surface area contributed by atoms with E-state index < -0.39 is 5.41 Å². The highest BCUT2D eigenvalue weighted by molar-refractivity contribution is 7.80. The van der Waals surface area contributed by atoms with Crippen LogP contribution < -0.4 is 20.1 Å². The molecular weight excluding hydrogens is 456 g/mol. The minimum Gasteiger partial charge on any atom is -0.493 e. The minimum absolute atomic E-state index is 0.127. The summed E-state index contributed by atoms with van der Waals surface area (Å²) in [6.07, 6.45) is 1.43. The first kappa shape index (κ1) is 26.2. The number of thiocarbonyl (C=S) groups is 1. The van der Waals surface area contributed by atoms with Crippen molar-refractivity contribution in [1.82, 2.24) is 5.32 Å². The van der Waals surface area contributed by atoms with Crippen molar-refractivity contribution >= 4 is 28.9 Å². The molecule has 0 aliphatic heterocycles. The Labute approximate surface area is 213 Å². The Morgan fingerprint density at radius 1 is 0.943 bits per heavy atom. The third kappa shape index (κ3) is 8.41. The van der Waals surface area contributed by atoms with Gasteiger partial charge in [-0.25, -0.2) is 0 Å². The quantitative estimate of drug-likeness (QED) is 0.248. The zero-order chi connectivity index (χ0) is 25.3. The van der Waals surface area contributed by atoms with Crippen molar-refractivity contribution in [3.05, 3.63) is 89.5 Å². The maximum atomic E-state index is 12.9. The number of hydrogen-bond donors (Lipinski definition) is 2. The van der Waals surface area contributed by atoms with Crippen LogP contribution in [0.2, 0.25) is 0 Å². The van der Waals surface area contributed by atoms with Gasteiger partial charge < -0.3 is 20.1 Å². The van der Waals surface area contributed by atoms with Gasteiger partial charge in [-0.1, -0.05) is 62.4 Å². The topological polar surface area (TPSA) is 59.6 Å². The molecule has 0 unspecified atom stereocenters. The number of amides is 1. The second-order valence-corrected chi connectivity index (χ2v) is 9.72. The first-order valence-electron chi connectivity index (χ1n) is 11.8. The van der Waals surface area contributed by atoms with E-state index in [1.807, 2.05) is 88.4 Å². The van der Waals surface area contributed by atoms with E-state index in [2.05, 4.69) is 22.8 Å². The van der Waals surface area contributed by atoms with Crippen molar-refractivity contribution in [2.45, 2.75) is 47.1 Å². The van der Waals surface area contributed by atoms with Crippen LogP contribution >= 0.6 is 12.2 Å². The second kappa shape index (κ2) is 12.4. The first-order valence-corrected chi connectivity index (χ1v) is 12.2. The normalized spacial score (nSPS) is 11.0. The Kier molecular flexibility index (Phi) is 9.26. The lowest BCUT2D eigenvalue weighted by atomic mass is 9.87. The van der Waals surface area contributed by atoms with Crippen LogP contribution in [0, 0.1) is 19.3 Å². The Hall–Kier alpha value is -3.38. The molecule has 1 amide bonds. The van der Waals surface area contributed by atoms with Crippen molar-refractivity contribution in [3.8, 4) is 11.5 Å². The predicted molar refractivity (Wildman–Crippen MR) is 146 cm³/mol. The molecule has 5 nitrogen and oxygen atoms in total. The van der Waals surface area contributed by atoms with Gasteiger partial charge in [0.25, 0.3) is 0 Å². The van der Waals surface area contributed by atoms with Gasteiger partial charge in [0.1, 0.15) is 18.1 Å². The molecule has 3 rings (SSSR count). The summed E-state index contributed by atoms with van der Waals surface area (Å²) in [5.74, 6) is 1.49. The Bertz CT molecular complexity index is 1150. The monoisotopic (exact) mass is 490 g/mol. The number of aryl methyl sites for hydroxylation is 2. The Morgan fingerprint density at radius 2 is 1.71 bits per heavy atom. The summed E-state index contributed by atoms with van der Waals surface area (Å²) in [6.45, 7) is 8.95. The fraction of sp³-hybridized carbons (Fsp3) is 0.310. The molecule has 3 aromatic rings. The lowest BCUT2D eigenvalue weighted by Gasteiger charge is -2.24. The van der Waals surface area contributed by atoms with Crippen LogP contribution in [0.15, 0.2) is 72.8 Å². The molecule has 0 spiro atoms.